The number of phenolic OH excluding ortho intramolecular Hbond substituents is 1. The van der Waals surface area contributed by atoms with Crippen LogP contribution in [0.1, 0.15) is 37.2 Å². The summed E-state index contributed by atoms with van der Waals surface area (Å²) >= 11 is 0. The van der Waals surface area contributed by atoms with Crippen LogP contribution in [-0.4, -0.2) is 19.9 Å². The van der Waals surface area contributed by atoms with Crippen LogP contribution in [0, 0.1) is 0 Å². The monoisotopic (exact) mass is 342 g/mol. The lowest BCUT2D eigenvalue weighted by Gasteiger charge is -2.39. The summed E-state index contributed by atoms with van der Waals surface area (Å²) in [7, 11) is -1.50. The van der Waals surface area contributed by atoms with Crippen LogP contribution in [0.25, 0.3) is 0 Å². The fourth-order valence-electron chi connectivity index (χ4n) is 4.28. The molecule has 1 N–H and O–H groups in total. The first-order valence-electron chi connectivity index (χ1n) is 9.14. The lowest BCUT2D eigenvalue weighted by atomic mass is 9.93. The lowest BCUT2D eigenvalue weighted by molar-refractivity contribution is 0.467. The minimum Gasteiger partial charge on any atom is -0.508 e. The van der Waals surface area contributed by atoms with E-state index >= 15 is 0 Å². The van der Waals surface area contributed by atoms with Crippen molar-refractivity contribution in [2.75, 3.05) is 6.67 Å². The van der Waals surface area contributed by atoms with Crippen molar-refractivity contribution < 1.29 is 9.50 Å². The maximum absolute atomic E-state index is 12.6. The zero-order valence-electron chi connectivity index (χ0n) is 14.3. The number of phenols is 1. The second kappa shape index (κ2) is 7.97. The normalized spacial score (nSPS) is 24.0. The molecular weight excluding hydrogens is 315 g/mol. The van der Waals surface area contributed by atoms with Crippen LogP contribution in [0.4, 0.5) is 4.39 Å². The smallest absolute Gasteiger partial charge is 0.115 e. The molecule has 1 aliphatic rings. The van der Waals surface area contributed by atoms with Crippen LogP contribution in [0.15, 0.2) is 54.6 Å². The van der Waals surface area contributed by atoms with E-state index in [9.17, 15) is 9.50 Å². The molecule has 0 atom stereocenters. The minimum atomic E-state index is -1.50. The van der Waals surface area contributed by atoms with Crippen molar-refractivity contribution in [2.45, 2.75) is 49.7 Å². The second-order valence-corrected chi connectivity index (χ2v) is 11.8. The van der Waals surface area contributed by atoms with Gasteiger partial charge in [0.05, 0.1) is 14.7 Å². The summed E-state index contributed by atoms with van der Waals surface area (Å²) in [5.41, 5.74) is 1.35. The number of hydrogen-bond donors (Lipinski definition) is 1. The van der Waals surface area contributed by atoms with E-state index in [1.807, 2.05) is 0 Å². The van der Waals surface area contributed by atoms with Crippen LogP contribution in [0.2, 0.25) is 18.1 Å². The molecule has 24 heavy (non-hydrogen) atoms. The third-order valence-electron chi connectivity index (χ3n) is 5.73. The zero-order valence-corrected chi connectivity index (χ0v) is 15.3. The van der Waals surface area contributed by atoms with Gasteiger partial charge < -0.3 is 5.11 Å². The molecule has 0 amide bonds. The molecule has 2 aromatic carbocycles. The molecule has 1 heterocycles. The van der Waals surface area contributed by atoms with Crippen molar-refractivity contribution in [1.29, 1.82) is 0 Å². The highest BCUT2D eigenvalue weighted by molar-refractivity contribution is 6.92. The Kier molecular flexibility index (Phi) is 5.72. The number of aromatic hydroxyl groups is 1. The molecule has 3 heteroatoms. The third kappa shape index (κ3) is 3.89. The Bertz CT molecular complexity index is 618. The van der Waals surface area contributed by atoms with Crippen LogP contribution in [0.3, 0.4) is 0 Å². The van der Waals surface area contributed by atoms with Gasteiger partial charge in [-0.25, -0.2) is 0 Å². The number of hydrogen-bond acceptors (Lipinski definition) is 1. The summed E-state index contributed by atoms with van der Waals surface area (Å²) in [6, 6.07) is 22.6. The van der Waals surface area contributed by atoms with E-state index in [4.69, 9.17) is 0 Å². The van der Waals surface area contributed by atoms with Gasteiger partial charge in [-0.1, -0.05) is 72.2 Å². The predicted octanol–water partition coefficient (Wildman–Crippen LogP) is 5.38. The van der Waals surface area contributed by atoms with E-state index in [0.29, 0.717) is 18.1 Å². The molecule has 1 saturated heterocycles. The molecule has 0 saturated carbocycles. The Labute approximate surface area is 145 Å². The van der Waals surface area contributed by atoms with Gasteiger partial charge in [0.2, 0.25) is 0 Å². The maximum Gasteiger partial charge on any atom is 0.115 e. The molecule has 0 bridgehead atoms. The number of benzene rings is 2. The number of unbranched alkanes of at least 4 members (excludes halogenated alkanes) is 1. The summed E-state index contributed by atoms with van der Waals surface area (Å²) in [6.07, 6.45) is 4.19. The predicted molar refractivity (Wildman–Crippen MR) is 102 cm³/mol. The van der Waals surface area contributed by atoms with Gasteiger partial charge in [0.1, 0.15) is 5.75 Å². The SMILES string of the molecule is Oc1ccc(C2CC[Si](CCCCF)(c3ccccc3)CC2)cc1. The first kappa shape index (κ1) is 17.2. The number of alkyl halides is 1. The Hall–Kier alpha value is -1.61. The topological polar surface area (TPSA) is 20.2 Å². The summed E-state index contributed by atoms with van der Waals surface area (Å²) in [6.45, 7) is -0.185. The Morgan fingerprint density at radius 3 is 2.21 bits per heavy atom. The van der Waals surface area contributed by atoms with Crippen LogP contribution < -0.4 is 5.19 Å². The number of halogens is 1. The van der Waals surface area contributed by atoms with Crippen molar-refractivity contribution in [3.8, 4) is 5.75 Å². The Morgan fingerprint density at radius 1 is 0.917 bits per heavy atom. The van der Waals surface area contributed by atoms with E-state index in [1.165, 1.54) is 36.5 Å². The summed E-state index contributed by atoms with van der Waals surface area (Å²) in [5, 5.41) is 11.0. The maximum atomic E-state index is 12.6. The summed E-state index contributed by atoms with van der Waals surface area (Å²) in [4.78, 5) is 0. The molecular formula is C21H27FOSi. The van der Waals surface area contributed by atoms with Gasteiger partial charge in [0.15, 0.2) is 0 Å². The fraction of sp³-hybridized carbons (Fsp3) is 0.429. The van der Waals surface area contributed by atoms with Crippen molar-refractivity contribution in [2.24, 2.45) is 0 Å². The molecule has 0 unspecified atom stereocenters. The van der Waals surface area contributed by atoms with E-state index in [0.717, 1.165) is 6.42 Å². The van der Waals surface area contributed by atoms with Gasteiger partial charge in [-0.2, -0.15) is 0 Å². The fourth-order valence-corrected chi connectivity index (χ4v) is 9.53. The van der Waals surface area contributed by atoms with Crippen LogP contribution in [-0.2, 0) is 0 Å². The number of rotatable bonds is 6. The molecule has 0 aliphatic carbocycles. The summed E-state index contributed by atoms with van der Waals surface area (Å²) in [5.74, 6) is 0.949. The largest absolute Gasteiger partial charge is 0.508 e. The molecule has 0 aromatic heterocycles. The first-order valence-corrected chi connectivity index (χ1v) is 11.8. The van der Waals surface area contributed by atoms with Gasteiger partial charge in [-0.15, -0.1) is 0 Å². The van der Waals surface area contributed by atoms with Crippen molar-refractivity contribution >= 4 is 13.3 Å². The Morgan fingerprint density at radius 2 is 1.58 bits per heavy atom. The average molecular weight is 343 g/mol. The quantitative estimate of drug-likeness (QED) is 0.552. The molecule has 0 spiro atoms. The molecule has 2 aromatic rings. The van der Waals surface area contributed by atoms with Gasteiger partial charge in [-0.3, -0.25) is 4.39 Å². The second-order valence-electron chi connectivity index (χ2n) is 7.16. The third-order valence-corrected chi connectivity index (χ3v) is 11.1. The highest BCUT2D eigenvalue weighted by Gasteiger charge is 2.38. The highest BCUT2D eigenvalue weighted by Crippen LogP contribution is 2.41. The van der Waals surface area contributed by atoms with E-state index in [-0.39, 0.29) is 6.67 Å². The molecule has 1 fully saturated rings. The molecule has 0 radical (unpaired) electrons. The van der Waals surface area contributed by atoms with E-state index in [2.05, 4.69) is 42.5 Å². The van der Waals surface area contributed by atoms with Gasteiger partial charge in [-0.05, 0) is 42.9 Å². The molecule has 128 valence electrons. The average Bonchev–Trinajstić information content (AvgIpc) is 2.64. The first-order chi connectivity index (χ1) is 11.7. The molecule has 1 nitrogen and oxygen atoms in total. The summed E-state index contributed by atoms with van der Waals surface area (Å²) < 4.78 is 12.6. The Balaban J connectivity index is 1.73. The van der Waals surface area contributed by atoms with Gasteiger partial charge >= 0.3 is 0 Å². The van der Waals surface area contributed by atoms with E-state index in [1.54, 1.807) is 17.3 Å². The standard InChI is InChI=1S/C21H27FOSi/c22-14-4-5-15-24(21-6-2-1-3-7-21)16-12-19(13-17-24)18-8-10-20(23)11-9-18/h1-3,6-11,19,23H,4-5,12-17H2. The van der Waals surface area contributed by atoms with Gasteiger partial charge in [0, 0.05) is 0 Å². The van der Waals surface area contributed by atoms with E-state index < -0.39 is 8.07 Å². The van der Waals surface area contributed by atoms with Crippen molar-refractivity contribution in [3.05, 3.63) is 60.2 Å². The lowest BCUT2D eigenvalue weighted by Crippen LogP contribution is -2.49. The zero-order chi connectivity index (χ0) is 16.8. The van der Waals surface area contributed by atoms with Crippen molar-refractivity contribution in [3.63, 3.8) is 0 Å². The van der Waals surface area contributed by atoms with Gasteiger partial charge in [0.25, 0.3) is 0 Å². The molecule has 1 aliphatic heterocycles. The van der Waals surface area contributed by atoms with Crippen molar-refractivity contribution in [1.82, 2.24) is 0 Å². The van der Waals surface area contributed by atoms with Crippen LogP contribution >= 0.6 is 0 Å². The van der Waals surface area contributed by atoms with Crippen LogP contribution in [0.5, 0.6) is 5.75 Å². The highest BCUT2D eigenvalue weighted by atomic mass is 28.3. The molecule has 3 rings (SSSR count). The minimum absolute atomic E-state index is 0.185.